The smallest absolute Gasteiger partial charge is 0.147 e. The van der Waals surface area contributed by atoms with E-state index in [1.54, 1.807) is 12.3 Å². The molecule has 0 saturated carbocycles. The molecule has 3 nitrogen and oxygen atoms in total. The summed E-state index contributed by atoms with van der Waals surface area (Å²) in [5, 5.41) is 3.92. The lowest BCUT2D eigenvalue weighted by molar-refractivity contribution is 0.471. The maximum atomic E-state index is 6.15. The molecule has 0 bridgehead atoms. The van der Waals surface area contributed by atoms with Crippen molar-refractivity contribution in [2.75, 3.05) is 6.54 Å². The summed E-state index contributed by atoms with van der Waals surface area (Å²) < 4.78 is 6.84. The van der Waals surface area contributed by atoms with E-state index >= 15 is 0 Å². The normalized spacial score (nSPS) is 10.6. The van der Waals surface area contributed by atoms with Crippen LogP contribution in [0.25, 0.3) is 0 Å². The Balaban J connectivity index is 2.18. The maximum absolute atomic E-state index is 6.15. The van der Waals surface area contributed by atoms with E-state index in [9.17, 15) is 0 Å². The summed E-state index contributed by atoms with van der Waals surface area (Å²) in [6.45, 7) is 3.82. The molecule has 0 amide bonds. The average molecular weight is 356 g/mol. The van der Waals surface area contributed by atoms with Gasteiger partial charge in [0, 0.05) is 29.0 Å². The van der Waals surface area contributed by atoms with Crippen molar-refractivity contribution < 1.29 is 4.74 Å². The SMILES string of the molecule is CCCNCc1cnccc1Oc1cc(Br)ccc1Cl. The van der Waals surface area contributed by atoms with Crippen LogP contribution in [0.2, 0.25) is 5.02 Å². The summed E-state index contributed by atoms with van der Waals surface area (Å²) in [5.74, 6) is 1.40. The molecule has 0 radical (unpaired) electrons. The number of aromatic nitrogens is 1. The predicted octanol–water partition coefficient (Wildman–Crippen LogP) is 4.79. The summed E-state index contributed by atoms with van der Waals surface area (Å²) in [4.78, 5) is 4.14. The van der Waals surface area contributed by atoms with Gasteiger partial charge in [0.15, 0.2) is 0 Å². The van der Waals surface area contributed by atoms with Crippen LogP contribution in [0.15, 0.2) is 41.1 Å². The van der Waals surface area contributed by atoms with E-state index in [2.05, 4.69) is 33.2 Å². The highest BCUT2D eigenvalue weighted by molar-refractivity contribution is 9.10. The number of hydrogen-bond donors (Lipinski definition) is 1. The van der Waals surface area contributed by atoms with Crippen LogP contribution in [0.4, 0.5) is 0 Å². The first-order chi connectivity index (χ1) is 9.70. The van der Waals surface area contributed by atoms with Gasteiger partial charge >= 0.3 is 0 Å². The predicted molar refractivity (Wildman–Crippen MR) is 85.5 cm³/mol. The minimum Gasteiger partial charge on any atom is -0.455 e. The van der Waals surface area contributed by atoms with Crippen molar-refractivity contribution in [1.29, 1.82) is 0 Å². The van der Waals surface area contributed by atoms with Gasteiger partial charge in [0.05, 0.1) is 5.02 Å². The summed E-state index contributed by atoms with van der Waals surface area (Å²) in [6, 6.07) is 7.38. The first-order valence-corrected chi connectivity index (χ1v) is 7.64. The van der Waals surface area contributed by atoms with E-state index in [1.807, 2.05) is 24.4 Å². The van der Waals surface area contributed by atoms with Crippen molar-refractivity contribution in [2.45, 2.75) is 19.9 Å². The van der Waals surface area contributed by atoms with Crippen LogP contribution in [0.1, 0.15) is 18.9 Å². The number of benzene rings is 1. The summed E-state index contributed by atoms with van der Waals surface area (Å²) in [6.07, 6.45) is 4.61. The maximum Gasteiger partial charge on any atom is 0.147 e. The molecule has 0 aliphatic rings. The molecule has 1 N–H and O–H groups in total. The Morgan fingerprint density at radius 3 is 2.95 bits per heavy atom. The molecule has 2 aromatic rings. The Labute approximate surface area is 132 Å². The molecule has 0 aliphatic heterocycles. The number of rotatable bonds is 6. The molecule has 1 heterocycles. The summed E-state index contributed by atoms with van der Waals surface area (Å²) in [5.41, 5.74) is 1.01. The lowest BCUT2D eigenvalue weighted by Gasteiger charge is -2.12. The molecule has 0 saturated heterocycles. The zero-order chi connectivity index (χ0) is 14.4. The molecular formula is C15H16BrClN2O. The molecule has 0 atom stereocenters. The van der Waals surface area contributed by atoms with Crippen LogP contribution in [-0.2, 0) is 6.54 Å². The molecule has 1 aromatic carbocycles. The molecule has 0 unspecified atom stereocenters. The van der Waals surface area contributed by atoms with Crippen molar-refractivity contribution in [1.82, 2.24) is 10.3 Å². The second-order valence-corrected chi connectivity index (χ2v) is 5.66. The first kappa shape index (κ1) is 15.3. The molecule has 106 valence electrons. The Morgan fingerprint density at radius 1 is 1.30 bits per heavy atom. The van der Waals surface area contributed by atoms with Gasteiger partial charge in [0.1, 0.15) is 11.5 Å². The van der Waals surface area contributed by atoms with Crippen molar-refractivity contribution in [3.63, 3.8) is 0 Å². The fourth-order valence-electron chi connectivity index (χ4n) is 1.72. The molecule has 20 heavy (non-hydrogen) atoms. The van der Waals surface area contributed by atoms with Gasteiger partial charge in [-0.15, -0.1) is 0 Å². The third-order valence-corrected chi connectivity index (χ3v) is 3.52. The number of nitrogens with zero attached hydrogens (tertiary/aromatic N) is 1. The molecule has 0 aliphatic carbocycles. The zero-order valence-electron chi connectivity index (χ0n) is 11.2. The van der Waals surface area contributed by atoms with Crippen LogP contribution < -0.4 is 10.1 Å². The van der Waals surface area contributed by atoms with Gasteiger partial charge in [-0.1, -0.05) is 34.5 Å². The monoisotopic (exact) mass is 354 g/mol. The summed E-state index contributed by atoms with van der Waals surface area (Å²) in [7, 11) is 0. The largest absolute Gasteiger partial charge is 0.455 e. The minimum absolute atomic E-state index is 0.581. The zero-order valence-corrected chi connectivity index (χ0v) is 13.5. The van der Waals surface area contributed by atoms with Crippen molar-refractivity contribution in [2.24, 2.45) is 0 Å². The second-order valence-electron chi connectivity index (χ2n) is 4.34. The molecule has 1 aromatic heterocycles. The molecule has 2 rings (SSSR count). The van der Waals surface area contributed by atoms with Crippen LogP contribution in [0.5, 0.6) is 11.5 Å². The van der Waals surface area contributed by atoms with E-state index < -0.39 is 0 Å². The minimum atomic E-state index is 0.581. The Bertz CT molecular complexity index is 578. The molecule has 0 fully saturated rings. The number of nitrogens with one attached hydrogen (secondary N) is 1. The Kier molecular flexibility index (Phi) is 5.83. The highest BCUT2D eigenvalue weighted by Gasteiger charge is 2.08. The van der Waals surface area contributed by atoms with E-state index in [0.717, 1.165) is 35.3 Å². The fraction of sp³-hybridized carbons (Fsp3) is 0.267. The van der Waals surface area contributed by atoms with E-state index in [0.29, 0.717) is 10.8 Å². The molecule has 5 heteroatoms. The van der Waals surface area contributed by atoms with Gasteiger partial charge in [-0.25, -0.2) is 0 Å². The van der Waals surface area contributed by atoms with E-state index in [4.69, 9.17) is 16.3 Å². The average Bonchev–Trinajstić information content (AvgIpc) is 2.45. The standard InChI is InChI=1S/C15H16BrClN2O/c1-2-6-18-9-11-10-19-7-5-14(11)20-15-8-12(16)3-4-13(15)17/h3-5,7-8,10,18H,2,6,9H2,1H3. The van der Waals surface area contributed by atoms with Crippen LogP contribution in [0.3, 0.4) is 0 Å². The summed E-state index contributed by atoms with van der Waals surface area (Å²) >= 11 is 9.56. The third-order valence-electron chi connectivity index (χ3n) is 2.71. The van der Waals surface area contributed by atoms with Gasteiger partial charge in [-0.05, 0) is 37.2 Å². The van der Waals surface area contributed by atoms with Crippen molar-refractivity contribution >= 4 is 27.5 Å². The number of halogens is 2. The van der Waals surface area contributed by atoms with Gasteiger partial charge in [0.2, 0.25) is 0 Å². The Morgan fingerprint density at radius 2 is 2.15 bits per heavy atom. The molecular weight excluding hydrogens is 340 g/mol. The van der Waals surface area contributed by atoms with E-state index in [1.165, 1.54) is 0 Å². The van der Waals surface area contributed by atoms with E-state index in [-0.39, 0.29) is 0 Å². The second kappa shape index (κ2) is 7.62. The number of ether oxygens (including phenoxy) is 1. The third kappa shape index (κ3) is 4.20. The van der Waals surface area contributed by atoms with Gasteiger partial charge in [-0.3, -0.25) is 4.98 Å². The van der Waals surface area contributed by atoms with Gasteiger partial charge in [-0.2, -0.15) is 0 Å². The topological polar surface area (TPSA) is 34.2 Å². The quantitative estimate of drug-likeness (QED) is 0.757. The number of hydrogen-bond acceptors (Lipinski definition) is 3. The Hall–Kier alpha value is -1.10. The van der Waals surface area contributed by atoms with Crippen LogP contribution in [-0.4, -0.2) is 11.5 Å². The van der Waals surface area contributed by atoms with Crippen molar-refractivity contribution in [3.05, 3.63) is 51.7 Å². The molecule has 0 spiro atoms. The van der Waals surface area contributed by atoms with Crippen molar-refractivity contribution in [3.8, 4) is 11.5 Å². The number of pyridine rings is 1. The first-order valence-electron chi connectivity index (χ1n) is 6.47. The lowest BCUT2D eigenvalue weighted by atomic mass is 10.2. The van der Waals surface area contributed by atoms with Gasteiger partial charge in [0.25, 0.3) is 0 Å². The highest BCUT2D eigenvalue weighted by atomic mass is 79.9. The fourth-order valence-corrected chi connectivity index (χ4v) is 2.22. The van der Waals surface area contributed by atoms with Crippen LogP contribution in [0, 0.1) is 0 Å². The lowest BCUT2D eigenvalue weighted by Crippen LogP contribution is -2.14. The van der Waals surface area contributed by atoms with Gasteiger partial charge < -0.3 is 10.1 Å². The van der Waals surface area contributed by atoms with Crippen LogP contribution >= 0.6 is 27.5 Å². The highest BCUT2D eigenvalue weighted by Crippen LogP contribution is 2.33.